The van der Waals surface area contributed by atoms with Crippen molar-refractivity contribution in [1.82, 2.24) is 5.32 Å². The average molecular weight is 337 g/mol. The summed E-state index contributed by atoms with van der Waals surface area (Å²) in [7, 11) is 0. The quantitative estimate of drug-likeness (QED) is 0.763. The van der Waals surface area contributed by atoms with Crippen LogP contribution in [0.25, 0.3) is 0 Å². The summed E-state index contributed by atoms with van der Waals surface area (Å²) in [6.07, 6.45) is 0.122. The molecule has 0 spiro atoms. The molecule has 0 atom stereocenters. The maximum absolute atomic E-state index is 11.8. The molecule has 0 saturated carbocycles. The third-order valence-electron chi connectivity index (χ3n) is 2.50. The Kier molecular flexibility index (Phi) is 5.59. The zero-order valence-corrected chi connectivity index (χ0v) is 12.3. The molecule has 1 amide bonds. The van der Waals surface area contributed by atoms with E-state index in [1.807, 2.05) is 0 Å². The van der Waals surface area contributed by atoms with Crippen LogP contribution >= 0.6 is 27.5 Å². The lowest BCUT2D eigenvalue weighted by Crippen LogP contribution is -2.52. The van der Waals surface area contributed by atoms with Crippen molar-refractivity contribution < 1.29 is 15.0 Å². The van der Waals surface area contributed by atoms with E-state index in [9.17, 15) is 4.79 Å². The van der Waals surface area contributed by atoms with Gasteiger partial charge in [-0.1, -0.05) is 27.5 Å². The van der Waals surface area contributed by atoms with Crippen LogP contribution in [0, 0.1) is 0 Å². The molecule has 18 heavy (non-hydrogen) atoms. The molecule has 0 bridgehead atoms. The lowest BCUT2D eigenvalue weighted by atomic mass is 10.0. The summed E-state index contributed by atoms with van der Waals surface area (Å²) in [6.45, 7) is 0.913. The second-order valence-corrected chi connectivity index (χ2v) is 5.63. The van der Waals surface area contributed by atoms with Gasteiger partial charge in [-0.2, -0.15) is 0 Å². The summed E-state index contributed by atoms with van der Waals surface area (Å²) in [5.41, 5.74) is -0.263. The maximum atomic E-state index is 11.8. The highest BCUT2D eigenvalue weighted by Crippen LogP contribution is 2.21. The molecule has 4 nitrogen and oxygen atoms in total. The van der Waals surface area contributed by atoms with Gasteiger partial charge in [-0.25, -0.2) is 0 Å². The SMILES string of the molecule is CC(CO)(CO)NC(=O)Cc1cc(Cl)ccc1Br. The summed E-state index contributed by atoms with van der Waals surface area (Å²) in [5, 5.41) is 21.3. The van der Waals surface area contributed by atoms with Crippen molar-refractivity contribution in [2.45, 2.75) is 18.9 Å². The average Bonchev–Trinajstić information content (AvgIpc) is 2.33. The molecule has 1 aromatic carbocycles. The van der Waals surface area contributed by atoms with Gasteiger partial charge in [0.15, 0.2) is 0 Å². The number of benzene rings is 1. The third-order valence-corrected chi connectivity index (χ3v) is 3.51. The molecule has 0 aliphatic heterocycles. The Morgan fingerprint density at radius 1 is 1.44 bits per heavy atom. The van der Waals surface area contributed by atoms with E-state index in [0.717, 1.165) is 10.0 Å². The fourth-order valence-corrected chi connectivity index (χ4v) is 1.94. The van der Waals surface area contributed by atoms with E-state index >= 15 is 0 Å². The number of nitrogens with one attached hydrogen (secondary N) is 1. The van der Waals surface area contributed by atoms with E-state index in [4.69, 9.17) is 21.8 Å². The fraction of sp³-hybridized carbons (Fsp3) is 0.417. The Morgan fingerprint density at radius 3 is 2.61 bits per heavy atom. The number of aliphatic hydroxyl groups is 2. The molecule has 0 aliphatic carbocycles. The van der Waals surface area contributed by atoms with Crippen LogP contribution in [0.1, 0.15) is 12.5 Å². The number of aliphatic hydroxyl groups excluding tert-OH is 2. The van der Waals surface area contributed by atoms with Crippen molar-refractivity contribution >= 4 is 33.4 Å². The first-order valence-electron chi connectivity index (χ1n) is 5.37. The van der Waals surface area contributed by atoms with Crippen molar-refractivity contribution in [3.63, 3.8) is 0 Å². The van der Waals surface area contributed by atoms with Gasteiger partial charge in [-0.15, -0.1) is 0 Å². The monoisotopic (exact) mass is 335 g/mol. The molecular formula is C12H15BrClNO3. The molecule has 100 valence electrons. The van der Waals surface area contributed by atoms with Crippen molar-refractivity contribution in [1.29, 1.82) is 0 Å². The van der Waals surface area contributed by atoms with E-state index in [1.165, 1.54) is 0 Å². The largest absolute Gasteiger partial charge is 0.394 e. The zero-order chi connectivity index (χ0) is 13.8. The number of carbonyl (C=O) groups is 1. The van der Waals surface area contributed by atoms with Crippen molar-refractivity contribution in [2.75, 3.05) is 13.2 Å². The van der Waals surface area contributed by atoms with E-state index < -0.39 is 5.54 Å². The molecule has 0 radical (unpaired) electrons. The lowest BCUT2D eigenvalue weighted by molar-refractivity contribution is -0.123. The molecule has 3 N–H and O–H groups in total. The highest BCUT2D eigenvalue weighted by molar-refractivity contribution is 9.10. The Morgan fingerprint density at radius 2 is 2.06 bits per heavy atom. The van der Waals surface area contributed by atoms with Crippen molar-refractivity contribution in [3.8, 4) is 0 Å². The first-order chi connectivity index (χ1) is 8.40. The van der Waals surface area contributed by atoms with E-state index in [-0.39, 0.29) is 25.5 Å². The minimum Gasteiger partial charge on any atom is -0.394 e. The zero-order valence-electron chi connectivity index (χ0n) is 9.91. The van der Waals surface area contributed by atoms with Gasteiger partial charge in [0.25, 0.3) is 0 Å². The molecule has 1 aromatic rings. The van der Waals surface area contributed by atoms with Gasteiger partial charge >= 0.3 is 0 Å². The summed E-state index contributed by atoms with van der Waals surface area (Å²) < 4.78 is 0.789. The number of rotatable bonds is 5. The van der Waals surface area contributed by atoms with Gasteiger partial charge in [-0.05, 0) is 30.7 Å². The topological polar surface area (TPSA) is 69.6 Å². The van der Waals surface area contributed by atoms with E-state index in [2.05, 4.69) is 21.2 Å². The number of hydrogen-bond donors (Lipinski definition) is 3. The predicted molar refractivity (Wildman–Crippen MR) is 73.6 cm³/mol. The highest BCUT2D eigenvalue weighted by atomic mass is 79.9. The molecule has 0 heterocycles. The van der Waals surface area contributed by atoms with Gasteiger partial charge in [-0.3, -0.25) is 4.79 Å². The van der Waals surface area contributed by atoms with Gasteiger partial charge in [0, 0.05) is 9.50 Å². The second-order valence-electron chi connectivity index (χ2n) is 4.34. The van der Waals surface area contributed by atoms with Crippen LogP contribution in [-0.4, -0.2) is 34.9 Å². The summed E-state index contributed by atoms with van der Waals surface area (Å²) in [6, 6.07) is 5.18. The minimum atomic E-state index is -1.01. The summed E-state index contributed by atoms with van der Waals surface area (Å²) >= 11 is 9.19. The van der Waals surface area contributed by atoms with Gasteiger partial charge in [0.05, 0.1) is 25.2 Å². The van der Waals surface area contributed by atoms with Crippen LogP contribution in [0.3, 0.4) is 0 Å². The molecule has 1 rings (SSSR count). The fourth-order valence-electron chi connectivity index (χ4n) is 1.36. The van der Waals surface area contributed by atoms with E-state index in [1.54, 1.807) is 25.1 Å². The smallest absolute Gasteiger partial charge is 0.225 e. The Bertz CT molecular complexity index is 435. The first-order valence-corrected chi connectivity index (χ1v) is 6.54. The molecule has 0 aliphatic rings. The minimum absolute atomic E-state index is 0.122. The molecule has 0 fully saturated rings. The van der Waals surface area contributed by atoms with Crippen LogP contribution in [0.2, 0.25) is 5.02 Å². The van der Waals surface area contributed by atoms with Crippen LogP contribution in [0.15, 0.2) is 22.7 Å². The van der Waals surface area contributed by atoms with Crippen molar-refractivity contribution in [2.24, 2.45) is 0 Å². The number of carbonyl (C=O) groups excluding carboxylic acids is 1. The van der Waals surface area contributed by atoms with Gasteiger partial charge in [0.1, 0.15) is 0 Å². The van der Waals surface area contributed by atoms with Gasteiger partial charge in [0.2, 0.25) is 5.91 Å². The third kappa shape index (κ3) is 4.24. The number of amides is 1. The highest BCUT2D eigenvalue weighted by Gasteiger charge is 2.24. The van der Waals surface area contributed by atoms with Gasteiger partial charge < -0.3 is 15.5 Å². The molecule has 6 heteroatoms. The van der Waals surface area contributed by atoms with Crippen LogP contribution in [0.5, 0.6) is 0 Å². The van der Waals surface area contributed by atoms with Crippen LogP contribution < -0.4 is 5.32 Å². The molecular weight excluding hydrogens is 321 g/mol. The number of hydrogen-bond acceptors (Lipinski definition) is 3. The Balaban J connectivity index is 2.73. The predicted octanol–water partition coefficient (Wildman–Crippen LogP) is 1.50. The van der Waals surface area contributed by atoms with Crippen LogP contribution in [-0.2, 0) is 11.2 Å². The van der Waals surface area contributed by atoms with E-state index in [0.29, 0.717) is 5.02 Å². The second kappa shape index (κ2) is 6.52. The summed E-state index contributed by atoms with van der Waals surface area (Å²) in [5.74, 6) is -0.288. The van der Waals surface area contributed by atoms with Crippen molar-refractivity contribution in [3.05, 3.63) is 33.3 Å². The molecule has 0 saturated heterocycles. The first kappa shape index (κ1) is 15.4. The molecule has 0 aromatic heterocycles. The maximum Gasteiger partial charge on any atom is 0.225 e. The standard InChI is InChI=1S/C12H15BrClNO3/c1-12(6-16,7-17)15-11(18)5-8-4-9(14)2-3-10(8)13/h2-4,16-17H,5-7H2,1H3,(H,15,18). The Labute approximate surface area is 119 Å². The summed E-state index contributed by atoms with van der Waals surface area (Å²) in [4.78, 5) is 11.8. The lowest BCUT2D eigenvalue weighted by Gasteiger charge is -2.26. The van der Waals surface area contributed by atoms with Crippen LogP contribution in [0.4, 0.5) is 0 Å². The normalized spacial score (nSPS) is 11.4. The number of halogens is 2. The Hall–Kier alpha value is -0.620. The molecule has 0 unspecified atom stereocenters.